The molecule has 2 saturated heterocycles. The Bertz CT molecular complexity index is 1880. The summed E-state index contributed by atoms with van der Waals surface area (Å²) in [6.45, 7) is 10.4. The highest BCUT2D eigenvalue weighted by atomic mass is 19.1. The molecule has 0 radical (unpaired) electrons. The number of halogens is 1. The summed E-state index contributed by atoms with van der Waals surface area (Å²) in [5.41, 5.74) is 5.15. The van der Waals surface area contributed by atoms with Crippen molar-refractivity contribution in [1.29, 1.82) is 0 Å². The van der Waals surface area contributed by atoms with Gasteiger partial charge < -0.3 is 23.7 Å². The number of nitrogens with zero attached hydrogens (tertiary/aromatic N) is 3. The van der Waals surface area contributed by atoms with E-state index < -0.39 is 0 Å². The summed E-state index contributed by atoms with van der Waals surface area (Å²) in [5.74, 6) is 0.832. The van der Waals surface area contributed by atoms with E-state index in [1.807, 2.05) is 66.7 Å². The quantitative estimate of drug-likeness (QED) is 0.139. The molecule has 0 saturated carbocycles. The smallest absolute Gasteiger partial charge is 0.473 e. The number of rotatable bonds is 10. The summed E-state index contributed by atoms with van der Waals surface area (Å²) in [6.07, 6.45) is 3.47. The minimum Gasteiger partial charge on any atom is -0.473 e. The van der Waals surface area contributed by atoms with Crippen molar-refractivity contribution in [2.75, 3.05) is 18.0 Å². The molecule has 2 aliphatic rings. The van der Waals surface area contributed by atoms with Gasteiger partial charge in [0.15, 0.2) is 0 Å². The third-order valence-corrected chi connectivity index (χ3v) is 10.2. The van der Waals surface area contributed by atoms with Crippen LogP contribution in [-0.2, 0) is 22.5 Å². The number of benzene rings is 3. The Morgan fingerprint density at radius 2 is 1.38 bits per heavy atom. The predicted octanol–water partition coefficient (Wildman–Crippen LogP) is 8.12. The third-order valence-electron chi connectivity index (χ3n) is 10.2. The minimum atomic E-state index is -0.373. The van der Waals surface area contributed by atoms with Gasteiger partial charge in [0.05, 0.1) is 34.3 Å². The Balaban J connectivity index is 1.02. The van der Waals surface area contributed by atoms with Gasteiger partial charge in [0.25, 0.3) is 0 Å². The first-order valence-electron chi connectivity index (χ1n) is 17.4. The topological polar surface area (TPSA) is 65.9 Å². The van der Waals surface area contributed by atoms with Crippen LogP contribution in [0.2, 0.25) is 0 Å². The average Bonchev–Trinajstić information content (AvgIpc) is 3.36. The van der Waals surface area contributed by atoms with E-state index in [0.717, 1.165) is 42.5 Å². The number of aromatic nitrogens is 2. The first-order chi connectivity index (χ1) is 24.1. The second-order valence-electron chi connectivity index (χ2n) is 14.1. The molecule has 256 valence electrons. The molecule has 0 aliphatic carbocycles. The van der Waals surface area contributed by atoms with Crippen LogP contribution in [0.4, 0.5) is 10.1 Å². The van der Waals surface area contributed by atoms with Gasteiger partial charge >= 0.3 is 7.12 Å². The van der Waals surface area contributed by atoms with Gasteiger partial charge in [-0.3, -0.25) is 4.98 Å². The largest absolute Gasteiger partial charge is 0.494 e. The molecule has 4 heterocycles. The summed E-state index contributed by atoms with van der Waals surface area (Å²) in [7, 11) is -0.373. The standard InChI is InChI=1S/C41H43BFN3O4/c1-40(2)41(3,4)50-42(49-40)33-17-15-31(16-18-33)32-21-23-46(24-22-32)37-26-44-36(25-35(37)43)34-19-20-38(47-27-29-11-7-5-8-12-29)45-39(34)48-28-30-13-9-6-10-14-30/h5-20,25-26,32H,21-24,27-28H2,1-4H3. The zero-order valence-corrected chi connectivity index (χ0v) is 29.1. The van der Waals surface area contributed by atoms with Crippen molar-refractivity contribution in [1.82, 2.24) is 9.97 Å². The fraction of sp³-hybridized carbons (Fsp3) is 0.317. The highest BCUT2D eigenvalue weighted by Crippen LogP contribution is 2.38. The number of anilines is 1. The maximum Gasteiger partial charge on any atom is 0.494 e. The van der Waals surface area contributed by atoms with Crippen LogP contribution in [0, 0.1) is 5.82 Å². The Morgan fingerprint density at radius 1 is 0.780 bits per heavy atom. The van der Waals surface area contributed by atoms with Gasteiger partial charge in [0.2, 0.25) is 11.8 Å². The van der Waals surface area contributed by atoms with Crippen molar-refractivity contribution < 1.29 is 23.2 Å². The normalized spacial score (nSPS) is 17.1. The monoisotopic (exact) mass is 671 g/mol. The Kier molecular flexibility index (Phi) is 9.62. The van der Waals surface area contributed by atoms with E-state index in [1.165, 1.54) is 11.6 Å². The first kappa shape index (κ1) is 33.8. The molecule has 3 aromatic carbocycles. The van der Waals surface area contributed by atoms with E-state index in [2.05, 4.69) is 61.8 Å². The zero-order chi connectivity index (χ0) is 34.7. The second kappa shape index (κ2) is 14.3. The van der Waals surface area contributed by atoms with Gasteiger partial charge in [0, 0.05) is 25.2 Å². The van der Waals surface area contributed by atoms with Gasteiger partial charge in [0.1, 0.15) is 19.0 Å². The van der Waals surface area contributed by atoms with E-state index in [9.17, 15) is 0 Å². The summed E-state index contributed by atoms with van der Waals surface area (Å²) < 4.78 is 40.4. The molecule has 0 amide bonds. The van der Waals surface area contributed by atoms with Gasteiger partial charge in [-0.05, 0) is 74.7 Å². The Morgan fingerprint density at radius 3 is 1.98 bits per heavy atom. The number of hydrogen-bond donors (Lipinski definition) is 0. The molecule has 7 rings (SSSR count). The Hall–Kier alpha value is -4.73. The fourth-order valence-electron chi connectivity index (χ4n) is 6.43. The van der Waals surface area contributed by atoms with Crippen molar-refractivity contribution in [3.63, 3.8) is 0 Å². The molecule has 0 bridgehead atoms. The molecule has 7 nitrogen and oxygen atoms in total. The average molecular weight is 672 g/mol. The first-order valence-corrected chi connectivity index (χ1v) is 17.4. The van der Waals surface area contributed by atoms with Crippen molar-refractivity contribution in [2.45, 2.75) is 70.9 Å². The van der Waals surface area contributed by atoms with Crippen LogP contribution in [0.3, 0.4) is 0 Å². The SMILES string of the molecule is CC1(C)OB(c2ccc(C3CCN(c4cnc(-c5ccc(OCc6ccccc6)nc5OCc5ccccc5)cc4F)CC3)cc2)OC1(C)C. The lowest BCUT2D eigenvalue weighted by Crippen LogP contribution is -2.41. The van der Waals surface area contributed by atoms with E-state index in [4.69, 9.17) is 23.8 Å². The van der Waals surface area contributed by atoms with Crippen LogP contribution in [-0.4, -0.2) is 41.4 Å². The van der Waals surface area contributed by atoms with E-state index in [0.29, 0.717) is 47.8 Å². The molecule has 0 N–H and O–H groups in total. The van der Waals surface area contributed by atoms with Crippen LogP contribution in [0.25, 0.3) is 11.3 Å². The fourth-order valence-corrected chi connectivity index (χ4v) is 6.43. The van der Waals surface area contributed by atoms with Gasteiger partial charge in [-0.1, -0.05) is 84.9 Å². The molecular formula is C41H43BFN3O4. The van der Waals surface area contributed by atoms with E-state index >= 15 is 4.39 Å². The van der Waals surface area contributed by atoms with Gasteiger partial charge in [-0.15, -0.1) is 0 Å². The summed E-state index contributed by atoms with van der Waals surface area (Å²) in [6, 6.07) is 33.4. The van der Waals surface area contributed by atoms with Gasteiger partial charge in [-0.2, -0.15) is 4.98 Å². The Labute approximate surface area is 294 Å². The second-order valence-corrected chi connectivity index (χ2v) is 14.1. The van der Waals surface area contributed by atoms with E-state index in [-0.39, 0.29) is 24.1 Å². The third kappa shape index (κ3) is 7.39. The van der Waals surface area contributed by atoms with Crippen LogP contribution in [0.15, 0.2) is 109 Å². The summed E-state index contributed by atoms with van der Waals surface area (Å²) in [4.78, 5) is 11.5. The van der Waals surface area contributed by atoms with Crippen LogP contribution >= 0.6 is 0 Å². The molecule has 0 spiro atoms. The highest BCUT2D eigenvalue weighted by molar-refractivity contribution is 6.62. The molecule has 2 fully saturated rings. The molecule has 0 atom stereocenters. The maximum atomic E-state index is 15.8. The molecular weight excluding hydrogens is 628 g/mol. The highest BCUT2D eigenvalue weighted by Gasteiger charge is 2.51. The maximum absolute atomic E-state index is 15.8. The predicted molar refractivity (Wildman–Crippen MR) is 195 cm³/mol. The molecule has 50 heavy (non-hydrogen) atoms. The molecule has 0 unspecified atom stereocenters. The van der Waals surface area contributed by atoms with Crippen molar-refractivity contribution >= 4 is 18.3 Å². The van der Waals surface area contributed by atoms with Crippen molar-refractivity contribution in [3.05, 3.63) is 132 Å². The molecule has 9 heteroatoms. The number of ether oxygens (including phenoxy) is 2. The van der Waals surface area contributed by atoms with Crippen LogP contribution in [0.5, 0.6) is 11.8 Å². The molecule has 2 aliphatic heterocycles. The van der Waals surface area contributed by atoms with Gasteiger partial charge in [-0.25, -0.2) is 4.39 Å². The van der Waals surface area contributed by atoms with Crippen molar-refractivity contribution in [2.24, 2.45) is 0 Å². The van der Waals surface area contributed by atoms with Crippen LogP contribution in [0.1, 0.15) is 63.1 Å². The summed E-state index contributed by atoms with van der Waals surface area (Å²) >= 11 is 0. The lowest BCUT2D eigenvalue weighted by atomic mass is 9.77. The van der Waals surface area contributed by atoms with Crippen molar-refractivity contribution in [3.8, 4) is 23.0 Å². The summed E-state index contributed by atoms with van der Waals surface area (Å²) in [5, 5.41) is 0. The number of piperidine rings is 1. The molecule has 2 aromatic heterocycles. The number of hydrogen-bond acceptors (Lipinski definition) is 7. The lowest BCUT2D eigenvalue weighted by molar-refractivity contribution is 0.00578. The zero-order valence-electron chi connectivity index (χ0n) is 29.1. The number of pyridine rings is 2. The van der Waals surface area contributed by atoms with E-state index in [1.54, 1.807) is 12.3 Å². The minimum absolute atomic E-state index is 0.305. The van der Waals surface area contributed by atoms with Crippen LogP contribution < -0.4 is 19.8 Å². The molecule has 5 aromatic rings. The lowest BCUT2D eigenvalue weighted by Gasteiger charge is -2.34.